The molecule has 2 nitrogen and oxygen atoms in total. The van der Waals surface area contributed by atoms with Gasteiger partial charge in [-0.2, -0.15) is 0 Å². The van der Waals surface area contributed by atoms with E-state index < -0.39 is 0 Å². The number of hydrogen-bond acceptors (Lipinski definition) is 4. The molecule has 3 heterocycles. The van der Waals surface area contributed by atoms with Crippen molar-refractivity contribution in [2.24, 2.45) is 0 Å². The molecule has 3 rings (SSSR count). The summed E-state index contributed by atoms with van der Waals surface area (Å²) < 4.78 is 0. The van der Waals surface area contributed by atoms with Crippen LogP contribution in [0.1, 0.15) is 0 Å². The zero-order valence-corrected chi connectivity index (χ0v) is 9.96. The summed E-state index contributed by atoms with van der Waals surface area (Å²) in [6.07, 6.45) is 3.59. The van der Waals surface area contributed by atoms with E-state index in [4.69, 9.17) is 0 Å². The van der Waals surface area contributed by atoms with Gasteiger partial charge in [0.2, 0.25) is 0 Å². The maximum Gasteiger partial charge on any atom is 0.124 e. The molecule has 0 unspecified atom stereocenters. The molecular weight excluding hydrogens is 236 g/mol. The van der Waals surface area contributed by atoms with Crippen LogP contribution in [0, 0.1) is 0 Å². The summed E-state index contributed by atoms with van der Waals surface area (Å²) in [5, 5.41) is 5.22. The zero-order valence-electron chi connectivity index (χ0n) is 8.33. The van der Waals surface area contributed by atoms with Gasteiger partial charge in [-0.1, -0.05) is 6.07 Å². The molecule has 0 N–H and O–H groups in total. The number of hydrogen-bond donors (Lipinski definition) is 0. The van der Waals surface area contributed by atoms with Gasteiger partial charge in [0.25, 0.3) is 0 Å². The molecule has 3 aromatic rings. The van der Waals surface area contributed by atoms with Gasteiger partial charge in [-0.05, 0) is 23.6 Å². The molecule has 78 valence electrons. The summed E-state index contributed by atoms with van der Waals surface area (Å²) >= 11 is 3.39. The summed E-state index contributed by atoms with van der Waals surface area (Å²) in [4.78, 5) is 9.85. The Kier molecular flexibility index (Phi) is 2.52. The average Bonchev–Trinajstić information content (AvgIpc) is 3.01. The molecule has 0 aliphatic rings. The first kappa shape index (κ1) is 9.69. The predicted octanol–water partition coefficient (Wildman–Crippen LogP) is 3.93. The lowest BCUT2D eigenvalue weighted by molar-refractivity contribution is 1.32. The van der Waals surface area contributed by atoms with Crippen LogP contribution in [0.5, 0.6) is 0 Å². The third-order valence-corrected chi connectivity index (χ3v) is 3.99. The van der Waals surface area contributed by atoms with Crippen molar-refractivity contribution < 1.29 is 0 Å². The minimum atomic E-state index is 1.05. The van der Waals surface area contributed by atoms with Gasteiger partial charge >= 0.3 is 0 Å². The van der Waals surface area contributed by atoms with Crippen molar-refractivity contribution >= 4 is 22.7 Å². The van der Waals surface area contributed by atoms with Crippen LogP contribution in [0.15, 0.2) is 47.4 Å². The molecule has 0 spiro atoms. The van der Waals surface area contributed by atoms with Crippen LogP contribution >= 0.6 is 22.7 Å². The van der Waals surface area contributed by atoms with Crippen molar-refractivity contribution in [1.82, 2.24) is 9.97 Å². The van der Waals surface area contributed by atoms with E-state index in [1.165, 1.54) is 4.88 Å². The highest BCUT2D eigenvalue weighted by Crippen LogP contribution is 2.30. The second-order valence-corrected chi connectivity index (χ2v) is 5.06. The predicted molar refractivity (Wildman–Crippen MR) is 68.7 cm³/mol. The van der Waals surface area contributed by atoms with Gasteiger partial charge in [0.05, 0.1) is 10.6 Å². The molecule has 16 heavy (non-hydrogen) atoms. The topological polar surface area (TPSA) is 25.8 Å². The Morgan fingerprint density at radius 1 is 1.00 bits per heavy atom. The molecule has 0 atom stereocenters. The molecule has 0 saturated carbocycles. The van der Waals surface area contributed by atoms with Crippen LogP contribution in [-0.2, 0) is 0 Å². The summed E-state index contributed by atoms with van der Waals surface area (Å²) in [5.74, 6) is 0. The van der Waals surface area contributed by atoms with Crippen LogP contribution in [0.25, 0.3) is 21.1 Å². The third-order valence-electron chi connectivity index (χ3n) is 2.21. The van der Waals surface area contributed by atoms with E-state index in [2.05, 4.69) is 26.8 Å². The zero-order chi connectivity index (χ0) is 10.8. The van der Waals surface area contributed by atoms with Crippen LogP contribution in [0.3, 0.4) is 0 Å². The largest absolute Gasteiger partial charge is 0.265 e. The fourth-order valence-corrected chi connectivity index (χ4v) is 3.03. The number of thiophene rings is 1. The monoisotopic (exact) mass is 244 g/mol. The lowest BCUT2D eigenvalue weighted by atomic mass is 10.3. The number of aromatic nitrogens is 2. The van der Waals surface area contributed by atoms with Gasteiger partial charge < -0.3 is 0 Å². The Bertz CT molecular complexity index is 570. The molecule has 4 heteroatoms. The van der Waals surface area contributed by atoms with Gasteiger partial charge in [0.15, 0.2) is 0 Å². The summed E-state index contributed by atoms with van der Waals surface area (Å²) in [5.41, 5.74) is 2.19. The smallest absolute Gasteiger partial charge is 0.124 e. The second kappa shape index (κ2) is 4.15. The SMILES string of the molecule is c1csc(-c2csc(-c3ccncc3)n2)c1. The number of pyridine rings is 1. The summed E-state index contributed by atoms with van der Waals surface area (Å²) in [6.45, 7) is 0. The third kappa shape index (κ3) is 1.77. The lowest BCUT2D eigenvalue weighted by Gasteiger charge is -1.93. The van der Waals surface area contributed by atoms with E-state index in [1.807, 2.05) is 18.2 Å². The summed E-state index contributed by atoms with van der Waals surface area (Å²) in [6, 6.07) is 8.11. The highest BCUT2D eigenvalue weighted by molar-refractivity contribution is 7.15. The van der Waals surface area contributed by atoms with E-state index in [9.17, 15) is 0 Å². The first-order valence-corrected chi connectivity index (χ1v) is 6.59. The normalized spacial score (nSPS) is 10.5. The van der Waals surface area contributed by atoms with E-state index in [1.54, 1.807) is 35.1 Å². The molecule has 0 saturated heterocycles. The Hall–Kier alpha value is -1.52. The number of rotatable bonds is 2. The van der Waals surface area contributed by atoms with Crippen molar-refractivity contribution in [2.45, 2.75) is 0 Å². The quantitative estimate of drug-likeness (QED) is 0.682. The van der Waals surface area contributed by atoms with Crippen LogP contribution < -0.4 is 0 Å². The van der Waals surface area contributed by atoms with Gasteiger partial charge in [0, 0.05) is 23.3 Å². The maximum absolute atomic E-state index is 4.62. The lowest BCUT2D eigenvalue weighted by Crippen LogP contribution is -1.77. The minimum Gasteiger partial charge on any atom is -0.265 e. The Morgan fingerprint density at radius 2 is 1.88 bits per heavy atom. The van der Waals surface area contributed by atoms with E-state index >= 15 is 0 Å². The van der Waals surface area contributed by atoms with Crippen LogP contribution in [-0.4, -0.2) is 9.97 Å². The highest BCUT2D eigenvalue weighted by Gasteiger charge is 2.06. The number of nitrogens with zero attached hydrogens (tertiary/aromatic N) is 2. The number of thiazole rings is 1. The Labute approximate surface area is 101 Å². The molecule has 0 radical (unpaired) electrons. The second-order valence-electron chi connectivity index (χ2n) is 3.25. The molecule has 0 aliphatic carbocycles. The van der Waals surface area contributed by atoms with Crippen molar-refractivity contribution in [3.05, 3.63) is 47.4 Å². The molecule has 0 aromatic carbocycles. The molecule has 0 fully saturated rings. The van der Waals surface area contributed by atoms with E-state index in [0.29, 0.717) is 0 Å². The standard InChI is InChI=1S/C12H8N2S2/c1-2-11(15-7-1)10-8-16-12(14-10)9-3-5-13-6-4-9/h1-8H. The molecule has 0 aliphatic heterocycles. The van der Waals surface area contributed by atoms with Crippen molar-refractivity contribution in [2.75, 3.05) is 0 Å². The first-order valence-electron chi connectivity index (χ1n) is 4.83. The van der Waals surface area contributed by atoms with Gasteiger partial charge in [-0.25, -0.2) is 4.98 Å². The average molecular weight is 244 g/mol. The van der Waals surface area contributed by atoms with Gasteiger partial charge in [-0.3, -0.25) is 4.98 Å². The van der Waals surface area contributed by atoms with Crippen LogP contribution in [0.2, 0.25) is 0 Å². The maximum atomic E-state index is 4.62. The van der Waals surface area contributed by atoms with Crippen molar-refractivity contribution in [3.8, 4) is 21.1 Å². The summed E-state index contributed by atoms with van der Waals surface area (Å²) in [7, 11) is 0. The van der Waals surface area contributed by atoms with Crippen molar-refractivity contribution in [1.29, 1.82) is 0 Å². The van der Waals surface area contributed by atoms with Crippen molar-refractivity contribution in [3.63, 3.8) is 0 Å². The van der Waals surface area contributed by atoms with Gasteiger partial charge in [-0.15, -0.1) is 22.7 Å². The minimum absolute atomic E-state index is 1.05. The fourth-order valence-electron chi connectivity index (χ4n) is 1.44. The molecular formula is C12H8N2S2. The molecule has 3 aromatic heterocycles. The van der Waals surface area contributed by atoms with E-state index in [0.717, 1.165) is 16.3 Å². The molecule has 0 bridgehead atoms. The fraction of sp³-hybridized carbons (Fsp3) is 0. The van der Waals surface area contributed by atoms with Crippen LogP contribution in [0.4, 0.5) is 0 Å². The first-order chi connectivity index (χ1) is 7.93. The Balaban J connectivity index is 2.00. The van der Waals surface area contributed by atoms with Gasteiger partial charge in [0.1, 0.15) is 5.01 Å². The molecule has 0 amide bonds. The van der Waals surface area contributed by atoms with E-state index in [-0.39, 0.29) is 0 Å². The Morgan fingerprint density at radius 3 is 2.62 bits per heavy atom. The highest BCUT2D eigenvalue weighted by atomic mass is 32.1.